The van der Waals surface area contributed by atoms with Gasteiger partial charge in [-0.3, -0.25) is 0 Å². The fraction of sp³-hybridized carbons (Fsp3) is 0.111. The first-order valence-electron chi connectivity index (χ1n) is 6.69. The van der Waals surface area contributed by atoms with Gasteiger partial charge in [0.2, 0.25) is 0 Å². The minimum Gasteiger partial charge on any atom is -0.395 e. The fourth-order valence-corrected chi connectivity index (χ4v) is 3.47. The molecular weight excluding hydrogens is 264 g/mol. The molecule has 0 amide bonds. The van der Waals surface area contributed by atoms with Gasteiger partial charge in [0, 0.05) is 4.90 Å². The van der Waals surface area contributed by atoms with E-state index in [0.29, 0.717) is 0 Å². The van der Waals surface area contributed by atoms with Crippen LogP contribution in [0.5, 0.6) is 0 Å². The van der Waals surface area contributed by atoms with E-state index in [2.05, 4.69) is 54.6 Å². The van der Waals surface area contributed by atoms with Gasteiger partial charge >= 0.3 is 0 Å². The highest BCUT2D eigenvalue weighted by Gasteiger charge is 2.13. The fourth-order valence-electron chi connectivity index (χ4n) is 2.33. The molecule has 20 heavy (non-hydrogen) atoms. The van der Waals surface area contributed by atoms with Crippen LogP contribution in [0.2, 0.25) is 0 Å². The van der Waals surface area contributed by atoms with Gasteiger partial charge in [0.25, 0.3) is 0 Å². The maximum Gasteiger partial charge on any atom is 0.0594 e. The van der Waals surface area contributed by atoms with Gasteiger partial charge in [0.05, 0.1) is 11.9 Å². The van der Waals surface area contributed by atoms with Gasteiger partial charge in [-0.2, -0.15) is 0 Å². The third-order valence-corrected chi connectivity index (χ3v) is 4.67. The second-order valence-corrected chi connectivity index (χ2v) is 5.92. The van der Waals surface area contributed by atoms with Crippen molar-refractivity contribution in [3.05, 3.63) is 78.4 Å². The van der Waals surface area contributed by atoms with Crippen molar-refractivity contribution in [1.29, 1.82) is 0 Å². The Kier molecular flexibility index (Phi) is 4.05. The van der Waals surface area contributed by atoms with Crippen LogP contribution in [0.25, 0.3) is 10.8 Å². The molecule has 0 aromatic heterocycles. The van der Waals surface area contributed by atoms with Crippen LogP contribution in [0.15, 0.2) is 77.7 Å². The topological polar surface area (TPSA) is 20.2 Å². The van der Waals surface area contributed by atoms with E-state index in [-0.39, 0.29) is 11.9 Å². The van der Waals surface area contributed by atoms with Crippen molar-refractivity contribution in [2.75, 3.05) is 6.61 Å². The normalized spacial score (nSPS) is 12.4. The van der Waals surface area contributed by atoms with Crippen LogP contribution in [-0.2, 0) is 0 Å². The Bertz CT molecular complexity index is 689. The summed E-state index contributed by atoms with van der Waals surface area (Å²) in [5.74, 6) is 0. The molecule has 0 fully saturated rings. The van der Waals surface area contributed by atoms with E-state index in [1.54, 1.807) is 11.8 Å². The molecular formula is C18H16OS. The summed E-state index contributed by atoms with van der Waals surface area (Å²) in [6, 6.07) is 24.9. The minimum atomic E-state index is 0.0713. The molecule has 2 heteroatoms. The molecule has 0 saturated heterocycles. The van der Waals surface area contributed by atoms with Gasteiger partial charge in [0.15, 0.2) is 0 Å². The highest BCUT2D eigenvalue weighted by molar-refractivity contribution is 7.99. The SMILES string of the molecule is OCC(Sc1cccc2ccccc12)c1ccccc1. The molecule has 0 aliphatic carbocycles. The lowest BCUT2D eigenvalue weighted by Crippen LogP contribution is -1.99. The summed E-state index contributed by atoms with van der Waals surface area (Å²) < 4.78 is 0. The highest BCUT2D eigenvalue weighted by atomic mass is 32.2. The standard InChI is InChI=1S/C18H16OS/c19-13-18(15-8-2-1-3-9-15)20-17-12-6-10-14-7-4-5-11-16(14)17/h1-12,18-19H,13H2. The third kappa shape index (κ3) is 2.72. The van der Waals surface area contributed by atoms with Gasteiger partial charge in [-0.25, -0.2) is 0 Å². The second-order valence-electron chi connectivity index (χ2n) is 4.68. The molecule has 1 nitrogen and oxygen atoms in total. The average molecular weight is 280 g/mol. The summed E-state index contributed by atoms with van der Waals surface area (Å²) in [7, 11) is 0. The molecule has 0 heterocycles. The lowest BCUT2D eigenvalue weighted by Gasteiger charge is -2.15. The van der Waals surface area contributed by atoms with E-state index in [0.717, 1.165) is 5.56 Å². The molecule has 0 aliphatic heterocycles. The summed E-state index contributed by atoms with van der Waals surface area (Å²) in [6.45, 7) is 0.137. The summed E-state index contributed by atoms with van der Waals surface area (Å²) in [5.41, 5.74) is 1.16. The first kappa shape index (κ1) is 13.2. The van der Waals surface area contributed by atoms with Crippen molar-refractivity contribution in [2.45, 2.75) is 10.1 Å². The van der Waals surface area contributed by atoms with Gasteiger partial charge in [0.1, 0.15) is 0 Å². The first-order chi connectivity index (χ1) is 9.88. The van der Waals surface area contributed by atoms with Crippen LogP contribution in [0, 0.1) is 0 Å². The Morgan fingerprint density at radius 2 is 1.50 bits per heavy atom. The molecule has 1 atom stereocenters. The van der Waals surface area contributed by atoms with Crippen LogP contribution in [0.1, 0.15) is 10.8 Å². The molecule has 3 aromatic carbocycles. The van der Waals surface area contributed by atoms with E-state index >= 15 is 0 Å². The molecule has 0 bridgehead atoms. The number of hydrogen-bond acceptors (Lipinski definition) is 2. The molecule has 0 saturated carbocycles. The predicted molar refractivity (Wildman–Crippen MR) is 86.1 cm³/mol. The monoisotopic (exact) mass is 280 g/mol. The van der Waals surface area contributed by atoms with Crippen molar-refractivity contribution in [3.63, 3.8) is 0 Å². The van der Waals surface area contributed by atoms with E-state index in [1.165, 1.54) is 15.7 Å². The summed E-state index contributed by atoms with van der Waals surface area (Å²) >= 11 is 1.72. The smallest absolute Gasteiger partial charge is 0.0594 e. The van der Waals surface area contributed by atoms with Crippen LogP contribution >= 0.6 is 11.8 Å². The van der Waals surface area contributed by atoms with Gasteiger partial charge in [-0.05, 0) is 22.4 Å². The zero-order valence-corrected chi connectivity index (χ0v) is 11.9. The largest absolute Gasteiger partial charge is 0.395 e. The maximum atomic E-state index is 9.69. The van der Waals surface area contributed by atoms with Crippen molar-refractivity contribution in [1.82, 2.24) is 0 Å². The summed E-state index contributed by atoms with van der Waals surface area (Å²) in [4.78, 5) is 1.21. The molecule has 3 rings (SSSR count). The van der Waals surface area contributed by atoms with Crippen LogP contribution < -0.4 is 0 Å². The lowest BCUT2D eigenvalue weighted by atomic mass is 10.1. The summed E-state index contributed by atoms with van der Waals surface area (Å²) in [5, 5.41) is 12.2. The average Bonchev–Trinajstić information content (AvgIpc) is 2.53. The van der Waals surface area contributed by atoms with E-state index in [4.69, 9.17) is 0 Å². The lowest BCUT2D eigenvalue weighted by molar-refractivity contribution is 0.296. The number of aliphatic hydroxyl groups excluding tert-OH is 1. The predicted octanol–water partition coefficient (Wildman–Crippen LogP) is 4.67. The summed E-state index contributed by atoms with van der Waals surface area (Å²) in [6.07, 6.45) is 0. The van der Waals surface area contributed by atoms with Crippen LogP contribution in [0.3, 0.4) is 0 Å². The number of thioether (sulfide) groups is 1. The number of hydrogen-bond donors (Lipinski definition) is 1. The molecule has 100 valence electrons. The zero-order chi connectivity index (χ0) is 13.8. The number of benzene rings is 3. The zero-order valence-electron chi connectivity index (χ0n) is 11.1. The Morgan fingerprint density at radius 3 is 2.30 bits per heavy atom. The Labute approximate surface area is 123 Å². The Morgan fingerprint density at radius 1 is 0.800 bits per heavy atom. The van der Waals surface area contributed by atoms with E-state index < -0.39 is 0 Å². The number of fused-ring (bicyclic) bond motifs is 1. The maximum absolute atomic E-state index is 9.69. The quantitative estimate of drug-likeness (QED) is 0.701. The van der Waals surface area contributed by atoms with E-state index in [9.17, 15) is 5.11 Å². The van der Waals surface area contributed by atoms with Crippen molar-refractivity contribution in [2.24, 2.45) is 0 Å². The van der Waals surface area contributed by atoms with Crippen molar-refractivity contribution < 1.29 is 5.11 Å². The Hall–Kier alpha value is -1.77. The molecule has 1 N–H and O–H groups in total. The second kappa shape index (κ2) is 6.12. The van der Waals surface area contributed by atoms with Crippen LogP contribution in [-0.4, -0.2) is 11.7 Å². The van der Waals surface area contributed by atoms with Crippen molar-refractivity contribution >= 4 is 22.5 Å². The van der Waals surface area contributed by atoms with Gasteiger partial charge < -0.3 is 5.11 Å². The molecule has 3 aromatic rings. The van der Waals surface area contributed by atoms with E-state index in [1.807, 2.05) is 18.2 Å². The van der Waals surface area contributed by atoms with Gasteiger partial charge in [-0.15, -0.1) is 11.8 Å². The Balaban J connectivity index is 1.96. The number of aliphatic hydroxyl groups is 1. The minimum absolute atomic E-state index is 0.0713. The first-order valence-corrected chi connectivity index (χ1v) is 7.56. The number of rotatable bonds is 4. The van der Waals surface area contributed by atoms with Crippen molar-refractivity contribution in [3.8, 4) is 0 Å². The molecule has 0 spiro atoms. The van der Waals surface area contributed by atoms with Crippen LogP contribution in [0.4, 0.5) is 0 Å². The molecule has 1 unspecified atom stereocenters. The third-order valence-electron chi connectivity index (χ3n) is 3.36. The molecule has 0 aliphatic rings. The van der Waals surface area contributed by atoms with Gasteiger partial charge in [-0.1, -0.05) is 66.7 Å². The highest BCUT2D eigenvalue weighted by Crippen LogP contribution is 2.38. The molecule has 0 radical (unpaired) electrons.